The van der Waals surface area contributed by atoms with Gasteiger partial charge in [-0.15, -0.1) is 35.3 Å². The number of halogens is 1. The highest BCUT2D eigenvalue weighted by Gasteiger charge is 2.16. The number of hydrogen-bond donors (Lipinski definition) is 3. The predicted molar refractivity (Wildman–Crippen MR) is 131 cm³/mol. The van der Waals surface area contributed by atoms with Gasteiger partial charge in [-0.05, 0) is 44.9 Å². The molecule has 0 aliphatic rings. The van der Waals surface area contributed by atoms with Crippen LogP contribution >= 0.6 is 35.3 Å². The van der Waals surface area contributed by atoms with Gasteiger partial charge in [-0.1, -0.05) is 12.1 Å². The van der Waals surface area contributed by atoms with Gasteiger partial charge in [0.2, 0.25) is 10.0 Å². The zero-order valence-corrected chi connectivity index (χ0v) is 21.2. The first-order valence-electron chi connectivity index (χ1n) is 9.32. The molecule has 10 heteroatoms. The van der Waals surface area contributed by atoms with Crippen molar-refractivity contribution in [3.63, 3.8) is 0 Å². The van der Waals surface area contributed by atoms with E-state index in [0.29, 0.717) is 23.9 Å². The summed E-state index contributed by atoms with van der Waals surface area (Å²) in [6, 6.07) is 5.41. The first kappa shape index (κ1) is 25.8. The van der Waals surface area contributed by atoms with E-state index in [4.69, 9.17) is 0 Å². The Bertz CT molecular complexity index is 913. The Kier molecular flexibility index (Phi) is 11.1. The van der Waals surface area contributed by atoms with Crippen molar-refractivity contribution in [2.24, 2.45) is 4.99 Å². The molecule has 0 fully saturated rings. The van der Waals surface area contributed by atoms with Crippen molar-refractivity contribution in [2.45, 2.75) is 39.0 Å². The van der Waals surface area contributed by atoms with Gasteiger partial charge in [0.25, 0.3) is 0 Å². The number of sulfonamides is 1. The van der Waals surface area contributed by atoms with Crippen molar-refractivity contribution in [2.75, 3.05) is 26.2 Å². The maximum Gasteiger partial charge on any atom is 0.240 e. The lowest BCUT2D eigenvalue weighted by molar-refractivity contribution is 0.581. The van der Waals surface area contributed by atoms with Gasteiger partial charge in [0, 0.05) is 37.1 Å². The normalized spacial score (nSPS) is 11.8. The third-order valence-corrected chi connectivity index (χ3v) is 6.53. The Hall–Kier alpha value is -1.24. The molecule has 0 bridgehead atoms. The first-order valence-corrected chi connectivity index (χ1v) is 11.6. The summed E-state index contributed by atoms with van der Waals surface area (Å²) in [4.78, 5) is 10.3. The molecule has 0 atom stereocenters. The van der Waals surface area contributed by atoms with Gasteiger partial charge in [-0.25, -0.2) is 18.1 Å². The summed E-state index contributed by atoms with van der Waals surface area (Å²) >= 11 is 1.69. The lowest BCUT2D eigenvalue weighted by Crippen LogP contribution is -2.39. The molecule has 0 unspecified atom stereocenters. The minimum Gasteiger partial charge on any atom is -0.357 e. The third-order valence-electron chi connectivity index (χ3n) is 3.95. The van der Waals surface area contributed by atoms with Gasteiger partial charge in [-0.2, -0.15) is 0 Å². The van der Waals surface area contributed by atoms with E-state index in [1.54, 1.807) is 24.3 Å². The quantitative estimate of drug-likeness (QED) is 0.193. The highest BCUT2D eigenvalue weighted by Crippen LogP contribution is 2.16. The molecule has 0 spiro atoms. The van der Waals surface area contributed by atoms with Crippen molar-refractivity contribution < 1.29 is 8.42 Å². The summed E-state index contributed by atoms with van der Waals surface area (Å²) in [6.45, 7) is 9.73. The fraction of sp³-hybridized carbons (Fsp3) is 0.474. The molecule has 2 aromatic rings. The van der Waals surface area contributed by atoms with Crippen LogP contribution in [0.2, 0.25) is 0 Å². The van der Waals surface area contributed by atoms with Gasteiger partial charge >= 0.3 is 0 Å². The zero-order chi connectivity index (χ0) is 20.6. The van der Waals surface area contributed by atoms with E-state index in [1.165, 1.54) is 4.88 Å². The largest absolute Gasteiger partial charge is 0.357 e. The fourth-order valence-corrected chi connectivity index (χ4v) is 4.70. The molecule has 0 radical (unpaired) electrons. The van der Waals surface area contributed by atoms with Crippen LogP contribution in [0.5, 0.6) is 0 Å². The molecule has 29 heavy (non-hydrogen) atoms. The molecule has 0 aliphatic heterocycles. The number of guanidine groups is 1. The molecule has 7 nitrogen and oxygen atoms in total. The molecule has 162 valence electrons. The molecular weight excluding hydrogens is 521 g/mol. The topological polar surface area (TPSA) is 95.5 Å². The average Bonchev–Trinajstić information content (AvgIpc) is 3.05. The third kappa shape index (κ3) is 8.57. The lowest BCUT2D eigenvalue weighted by atomic mass is 10.2. The number of nitrogens with zero attached hydrogens (tertiary/aromatic N) is 2. The van der Waals surface area contributed by atoms with Crippen molar-refractivity contribution in [3.05, 3.63) is 45.4 Å². The van der Waals surface area contributed by atoms with Crippen LogP contribution < -0.4 is 15.4 Å². The number of aryl methyl sites for hydroxylation is 3. The zero-order valence-electron chi connectivity index (χ0n) is 17.3. The highest BCUT2D eigenvalue weighted by atomic mass is 127. The summed E-state index contributed by atoms with van der Waals surface area (Å²) in [5.41, 5.74) is 1.65. The second-order valence-corrected chi connectivity index (χ2v) is 9.52. The van der Waals surface area contributed by atoms with Gasteiger partial charge in [0.15, 0.2) is 5.96 Å². The van der Waals surface area contributed by atoms with E-state index >= 15 is 0 Å². The highest BCUT2D eigenvalue weighted by molar-refractivity contribution is 14.0. The minimum absolute atomic E-state index is 0. The Morgan fingerprint density at radius 3 is 2.59 bits per heavy atom. The van der Waals surface area contributed by atoms with Crippen LogP contribution in [0.1, 0.15) is 27.9 Å². The lowest BCUT2D eigenvalue weighted by Gasteiger charge is -2.12. The van der Waals surface area contributed by atoms with Crippen LogP contribution in [0, 0.1) is 20.8 Å². The van der Waals surface area contributed by atoms with Crippen LogP contribution in [0.4, 0.5) is 0 Å². The second-order valence-electron chi connectivity index (χ2n) is 6.47. The number of rotatable bonds is 9. The monoisotopic (exact) mass is 551 g/mol. The number of benzene rings is 1. The number of thiazole rings is 1. The van der Waals surface area contributed by atoms with Crippen molar-refractivity contribution >= 4 is 51.3 Å². The Balaban J connectivity index is 0.00000420. The summed E-state index contributed by atoms with van der Waals surface area (Å²) in [7, 11) is -3.54. The average molecular weight is 552 g/mol. The van der Waals surface area contributed by atoms with E-state index in [2.05, 4.69) is 25.3 Å². The predicted octanol–water partition coefficient (Wildman–Crippen LogP) is 2.76. The second kappa shape index (κ2) is 12.5. The summed E-state index contributed by atoms with van der Waals surface area (Å²) < 4.78 is 27.6. The van der Waals surface area contributed by atoms with E-state index in [1.807, 2.05) is 39.1 Å². The Morgan fingerprint density at radius 2 is 1.93 bits per heavy atom. The van der Waals surface area contributed by atoms with Crippen LogP contribution in [-0.2, 0) is 16.4 Å². The van der Waals surface area contributed by atoms with Crippen LogP contribution in [-0.4, -0.2) is 45.5 Å². The molecule has 1 heterocycles. The molecule has 0 saturated heterocycles. The van der Waals surface area contributed by atoms with Crippen molar-refractivity contribution in [1.82, 2.24) is 20.3 Å². The van der Waals surface area contributed by atoms with E-state index < -0.39 is 10.0 Å². The van der Waals surface area contributed by atoms with Gasteiger partial charge < -0.3 is 10.6 Å². The molecule has 0 saturated carbocycles. The SMILES string of the molecule is CCNC(=NCCNS(=O)(=O)c1cc(C)ccc1C)NCCc1ncc(C)s1.I. The molecule has 2 rings (SSSR count). The smallest absolute Gasteiger partial charge is 0.240 e. The molecule has 0 aliphatic carbocycles. The number of hydrogen-bond acceptors (Lipinski definition) is 5. The van der Waals surface area contributed by atoms with Crippen LogP contribution in [0.15, 0.2) is 34.3 Å². The van der Waals surface area contributed by atoms with Crippen molar-refractivity contribution in [1.29, 1.82) is 0 Å². The Morgan fingerprint density at radius 1 is 1.17 bits per heavy atom. The van der Waals surface area contributed by atoms with E-state index in [-0.39, 0.29) is 30.5 Å². The maximum absolute atomic E-state index is 12.5. The molecular formula is C19H30IN5O2S2. The molecule has 1 aromatic heterocycles. The number of aliphatic imine (C=N–C) groups is 1. The maximum atomic E-state index is 12.5. The van der Waals surface area contributed by atoms with E-state index in [0.717, 1.165) is 29.1 Å². The summed E-state index contributed by atoms with van der Waals surface area (Å²) in [6.07, 6.45) is 2.70. The number of nitrogens with one attached hydrogen (secondary N) is 3. The van der Waals surface area contributed by atoms with Crippen LogP contribution in [0.3, 0.4) is 0 Å². The van der Waals surface area contributed by atoms with E-state index in [9.17, 15) is 8.42 Å². The molecule has 3 N–H and O–H groups in total. The van der Waals surface area contributed by atoms with Gasteiger partial charge in [0.05, 0.1) is 16.4 Å². The fourth-order valence-electron chi connectivity index (χ4n) is 2.57. The summed E-state index contributed by atoms with van der Waals surface area (Å²) in [5, 5.41) is 7.50. The molecule has 0 amide bonds. The van der Waals surface area contributed by atoms with Crippen LogP contribution in [0.25, 0.3) is 0 Å². The number of aromatic nitrogens is 1. The summed E-state index contributed by atoms with van der Waals surface area (Å²) in [5.74, 6) is 0.668. The Labute approximate surface area is 194 Å². The minimum atomic E-state index is -3.54. The first-order chi connectivity index (χ1) is 13.3. The van der Waals surface area contributed by atoms with Crippen molar-refractivity contribution in [3.8, 4) is 0 Å². The molecule has 1 aromatic carbocycles. The standard InChI is InChI=1S/C19H29N5O2S2.HI/c1-5-20-19(21-9-8-18-23-13-16(4)27-18)22-10-11-24-28(25,26)17-12-14(2)6-7-15(17)3;/h6-7,12-13,24H,5,8-11H2,1-4H3,(H2,20,21,22);1H. The van der Waals surface area contributed by atoms with Gasteiger partial charge in [-0.3, -0.25) is 4.99 Å². The van der Waals surface area contributed by atoms with Gasteiger partial charge in [0.1, 0.15) is 0 Å².